The van der Waals surface area contributed by atoms with Gasteiger partial charge in [-0.25, -0.2) is 4.79 Å². The molecule has 1 heterocycles. The number of amides is 2. The molecule has 2 aromatic carbocycles. The number of anilines is 1. The van der Waals surface area contributed by atoms with E-state index in [0.29, 0.717) is 29.2 Å². The first-order valence-electron chi connectivity index (χ1n) is 10.9. The third-order valence-corrected chi connectivity index (χ3v) is 5.12. The molecule has 0 aliphatic heterocycles. The number of carbonyl (C=O) groups is 3. The summed E-state index contributed by atoms with van der Waals surface area (Å²) in [5.74, 6) is -1.62. The monoisotopic (exact) mass is 497 g/mol. The van der Waals surface area contributed by atoms with E-state index in [1.165, 1.54) is 38.6 Å². The van der Waals surface area contributed by atoms with E-state index < -0.39 is 23.3 Å². The Morgan fingerprint density at radius 2 is 1.81 bits per heavy atom. The first-order valence-corrected chi connectivity index (χ1v) is 10.9. The highest BCUT2D eigenvalue weighted by molar-refractivity contribution is 6.39. The minimum absolute atomic E-state index is 0.0731. The fraction of sp³-hybridized carbons (Fsp3) is 0.280. The minimum Gasteiger partial charge on any atom is -0.493 e. The second-order valence-corrected chi connectivity index (χ2v) is 8.34. The maximum atomic E-state index is 12.5. The third-order valence-electron chi connectivity index (χ3n) is 5.12. The maximum Gasteiger partial charge on any atom is 0.393 e. The van der Waals surface area contributed by atoms with Gasteiger partial charge in [0.15, 0.2) is 17.3 Å². The van der Waals surface area contributed by atoms with Crippen LogP contribution in [0.5, 0.6) is 17.6 Å². The number of aromatic carboxylic acids is 1. The van der Waals surface area contributed by atoms with Crippen molar-refractivity contribution in [1.82, 2.24) is 10.3 Å². The molecule has 1 aromatic heterocycles. The first kappa shape index (κ1) is 26.1. The number of hydrogen-bond acceptors (Lipinski definition) is 8. The van der Waals surface area contributed by atoms with Crippen LogP contribution in [0.15, 0.2) is 53.1 Å². The van der Waals surface area contributed by atoms with Crippen molar-refractivity contribution in [3.63, 3.8) is 0 Å². The Bertz CT molecular complexity index is 1250. The summed E-state index contributed by atoms with van der Waals surface area (Å²) in [5, 5.41) is 14.3. The van der Waals surface area contributed by atoms with Gasteiger partial charge in [0.1, 0.15) is 0 Å². The van der Waals surface area contributed by atoms with E-state index in [1.807, 2.05) is 0 Å². The Hall–Kier alpha value is -4.54. The second-order valence-electron chi connectivity index (χ2n) is 8.34. The van der Waals surface area contributed by atoms with E-state index in [2.05, 4.69) is 15.6 Å². The summed E-state index contributed by atoms with van der Waals surface area (Å²) in [4.78, 5) is 40.1. The van der Waals surface area contributed by atoms with Gasteiger partial charge in [-0.1, -0.05) is 12.1 Å². The number of nitrogens with zero attached hydrogens (tertiary/aromatic N) is 1. The minimum atomic E-state index is -1.08. The number of oxazole rings is 1. The number of carbonyl (C=O) groups excluding carboxylic acids is 2. The number of ether oxygens (including phenoxy) is 3. The van der Waals surface area contributed by atoms with E-state index in [-0.39, 0.29) is 24.0 Å². The Kier molecular flexibility index (Phi) is 8.15. The Labute approximate surface area is 207 Å². The maximum absolute atomic E-state index is 12.5. The molecule has 3 aromatic rings. The van der Waals surface area contributed by atoms with Crippen LogP contribution >= 0.6 is 0 Å². The first-order chi connectivity index (χ1) is 17.1. The molecule has 36 heavy (non-hydrogen) atoms. The SMILES string of the molecule is COc1ncc(-c2cccc(NC(=O)C(=O)NC(C)(C)CCOc3ccc(C(=O)O)cc3OC)c2)o1. The molecule has 0 aliphatic carbocycles. The van der Waals surface area contributed by atoms with Crippen molar-refractivity contribution in [3.8, 4) is 28.9 Å². The van der Waals surface area contributed by atoms with E-state index in [9.17, 15) is 14.4 Å². The molecule has 0 radical (unpaired) electrons. The average molecular weight is 498 g/mol. The highest BCUT2D eigenvalue weighted by Gasteiger charge is 2.25. The fourth-order valence-corrected chi connectivity index (χ4v) is 3.19. The number of hydrogen-bond donors (Lipinski definition) is 3. The zero-order valence-electron chi connectivity index (χ0n) is 20.3. The molecule has 0 spiro atoms. The number of carboxylic acid groups (broad SMARTS) is 1. The van der Waals surface area contributed by atoms with Crippen LogP contribution < -0.4 is 24.8 Å². The molecule has 0 saturated heterocycles. The van der Waals surface area contributed by atoms with Crippen LogP contribution in [-0.4, -0.2) is 54.2 Å². The molecule has 190 valence electrons. The lowest BCUT2D eigenvalue weighted by atomic mass is 10.0. The molecule has 0 fully saturated rings. The summed E-state index contributed by atoms with van der Waals surface area (Å²) >= 11 is 0. The van der Waals surface area contributed by atoms with Gasteiger partial charge in [0, 0.05) is 23.2 Å². The molecular weight excluding hydrogens is 470 g/mol. The largest absolute Gasteiger partial charge is 0.493 e. The molecule has 0 saturated carbocycles. The molecule has 0 unspecified atom stereocenters. The van der Waals surface area contributed by atoms with Gasteiger partial charge in [0.25, 0.3) is 0 Å². The quantitative estimate of drug-likeness (QED) is 0.358. The molecule has 0 bridgehead atoms. The molecule has 0 atom stereocenters. The van der Waals surface area contributed by atoms with E-state index in [0.717, 1.165) is 0 Å². The van der Waals surface area contributed by atoms with Crippen molar-refractivity contribution in [2.45, 2.75) is 25.8 Å². The summed E-state index contributed by atoms with van der Waals surface area (Å²) in [6.45, 7) is 3.69. The Morgan fingerprint density at radius 3 is 2.47 bits per heavy atom. The molecule has 11 nitrogen and oxygen atoms in total. The highest BCUT2D eigenvalue weighted by atomic mass is 16.6. The van der Waals surface area contributed by atoms with Crippen LogP contribution in [0.25, 0.3) is 11.3 Å². The predicted molar refractivity (Wildman–Crippen MR) is 129 cm³/mol. The summed E-state index contributed by atoms with van der Waals surface area (Å²) in [7, 11) is 2.85. The van der Waals surface area contributed by atoms with Gasteiger partial charge in [0.2, 0.25) is 0 Å². The van der Waals surface area contributed by atoms with Crippen LogP contribution in [0.1, 0.15) is 30.6 Å². The lowest BCUT2D eigenvalue weighted by molar-refractivity contribution is -0.137. The number of benzene rings is 2. The number of methoxy groups -OCH3 is 2. The van der Waals surface area contributed by atoms with Crippen molar-refractivity contribution in [2.24, 2.45) is 0 Å². The summed E-state index contributed by atoms with van der Waals surface area (Å²) < 4.78 is 21.2. The zero-order chi connectivity index (χ0) is 26.3. The second kappa shape index (κ2) is 11.3. The van der Waals surface area contributed by atoms with Crippen LogP contribution in [0.2, 0.25) is 0 Å². The van der Waals surface area contributed by atoms with Gasteiger partial charge in [-0.15, -0.1) is 0 Å². The summed E-state index contributed by atoms with van der Waals surface area (Å²) in [5.41, 5.74) is 0.347. The normalized spacial score (nSPS) is 10.9. The van der Waals surface area contributed by atoms with Gasteiger partial charge >= 0.3 is 23.9 Å². The zero-order valence-corrected chi connectivity index (χ0v) is 20.3. The lowest BCUT2D eigenvalue weighted by Gasteiger charge is -2.26. The highest BCUT2D eigenvalue weighted by Crippen LogP contribution is 2.29. The van der Waals surface area contributed by atoms with Gasteiger partial charge < -0.3 is 34.4 Å². The molecule has 3 rings (SSSR count). The van der Waals surface area contributed by atoms with Crippen molar-refractivity contribution in [2.75, 3.05) is 26.1 Å². The van der Waals surface area contributed by atoms with Gasteiger partial charge in [0.05, 0.1) is 32.6 Å². The predicted octanol–water partition coefficient (Wildman–Crippen LogP) is 3.36. The van der Waals surface area contributed by atoms with E-state index >= 15 is 0 Å². The smallest absolute Gasteiger partial charge is 0.393 e. The number of rotatable bonds is 10. The van der Waals surface area contributed by atoms with Crippen LogP contribution in [0.3, 0.4) is 0 Å². The topological polar surface area (TPSA) is 149 Å². The van der Waals surface area contributed by atoms with Gasteiger partial charge in [-0.05, 0) is 44.2 Å². The molecule has 2 amide bonds. The molecule has 3 N–H and O–H groups in total. The van der Waals surface area contributed by atoms with Gasteiger partial charge in [-0.2, -0.15) is 4.98 Å². The lowest BCUT2D eigenvalue weighted by Crippen LogP contribution is -2.48. The number of aromatic nitrogens is 1. The van der Waals surface area contributed by atoms with Crippen molar-refractivity contribution in [1.29, 1.82) is 0 Å². The summed E-state index contributed by atoms with van der Waals surface area (Å²) in [6.07, 6.45) is 1.96. The molecular formula is C25H27N3O8. The number of carboxylic acids is 1. The van der Waals surface area contributed by atoms with Crippen molar-refractivity contribution < 1.29 is 38.1 Å². The van der Waals surface area contributed by atoms with Crippen LogP contribution in [0, 0.1) is 0 Å². The summed E-state index contributed by atoms with van der Waals surface area (Å²) in [6, 6.07) is 11.0. The molecule has 11 heteroatoms. The standard InChI is InChI=1S/C25H27N3O8/c1-25(2,10-11-35-18-9-8-16(23(31)32)13-19(18)33-3)28-22(30)21(29)27-17-7-5-6-15(12-17)20-14-26-24(34-4)36-20/h5-9,12-14H,10-11H2,1-4H3,(H,27,29)(H,28,30)(H,31,32). The van der Waals surface area contributed by atoms with E-state index in [1.54, 1.807) is 38.1 Å². The Morgan fingerprint density at radius 1 is 1.03 bits per heavy atom. The van der Waals surface area contributed by atoms with Crippen LogP contribution in [0.4, 0.5) is 5.69 Å². The Balaban J connectivity index is 1.54. The van der Waals surface area contributed by atoms with Gasteiger partial charge in [-0.3, -0.25) is 9.59 Å². The van der Waals surface area contributed by atoms with E-state index in [4.69, 9.17) is 23.7 Å². The van der Waals surface area contributed by atoms with Crippen molar-refractivity contribution >= 4 is 23.5 Å². The third kappa shape index (κ3) is 6.75. The average Bonchev–Trinajstić information content (AvgIpc) is 3.33. The molecule has 0 aliphatic rings. The number of nitrogens with one attached hydrogen (secondary N) is 2. The fourth-order valence-electron chi connectivity index (χ4n) is 3.19. The van der Waals surface area contributed by atoms with Crippen molar-refractivity contribution in [3.05, 3.63) is 54.2 Å². The van der Waals surface area contributed by atoms with Crippen LogP contribution in [-0.2, 0) is 9.59 Å².